The number of rotatable bonds is 5. The molecular weight excluding hydrogens is 356 g/mol. The van der Waals surface area contributed by atoms with Crippen LogP contribution in [-0.4, -0.2) is 23.6 Å². The van der Waals surface area contributed by atoms with Crippen LogP contribution < -0.4 is 5.32 Å². The van der Waals surface area contributed by atoms with E-state index in [1.54, 1.807) is 31.2 Å². The summed E-state index contributed by atoms with van der Waals surface area (Å²) in [6.45, 7) is 1.11. The lowest BCUT2D eigenvalue weighted by atomic mass is 10.1. The van der Waals surface area contributed by atoms with Crippen molar-refractivity contribution in [2.75, 3.05) is 6.61 Å². The van der Waals surface area contributed by atoms with Gasteiger partial charge in [0.15, 0.2) is 24.0 Å². The smallest absolute Gasteiger partial charge is 0.338 e. The third kappa shape index (κ3) is 4.90. The monoisotopic (exact) mass is 369 g/mol. The SMILES string of the molecule is C[C@H](NC(=O)COC(=O)c1cc(F)c(O)c(F)c1)c1ccc(Cl)cc1. The summed E-state index contributed by atoms with van der Waals surface area (Å²) in [5.41, 5.74) is 0.345. The average molecular weight is 370 g/mol. The molecule has 1 atom stereocenters. The molecule has 0 aliphatic carbocycles. The molecule has 2 N–H and O–H groups in total. The third-order valence-electron chi connectivity index (χ3n) is 3.33. The second kappa shape index (κ2) is 7.94. The van der Waals surface area contributed by atoms with Gasteiger partial charge in [-0.25, -0.2) is 13.6 Å². The Morgan fingerprint density at radius 1 is 1.20 bits per heavy atom. The number of benzene rings is 2. The van der Waals surface area contributed by atoms with Crippen LogP contribution in [0.4, 0.5) is 8.78 Å². The zero-order valence-electron chi connectivity index (χ0n) is 13.1. The summed E-state index contributed by atoms with van der Waals surface area (Å²) in [5.74, 6) is -5.46. The Hall–Kier alpha value is -2.67. The Bertz CT molecular complexity index is 773. The van der Waals surface area contributed by atoms with Crippen molar-refractivity contribution in [2.45, 2.75) is 13.0 Å². The normalized spacial score (nSPS) is 11.7. The van der Waals surface area contributed by atoms with Crippen LogP contribution in [0.25, 0.3) is 0 Å². The fraction of sp³-hybridized carbons (Fsp3) is 0.176. The maximum absolute atomic E-state index is 13.2. The Balaban J connectivity index is 1.91. The first-order valence-electron chi connectivity index (χ1n) is 7.18. The Morgan fingerprint density at radius 2 is 1.76 bits per heavy atom. The van der Waals surface area contributed by atoms with Crippen molar-refractivity contribution in [3.8, 4) is 5.75 Å². The van der Waals surface area contributed by atoms with Gasteiger partial charge in [0.05, 0.1) is 11.6 Å². The Morgan fingerprint density at radius 3 is 2.32 bits per heavy atom. The molecule has 0 saturated carbocycles. The van der Waals surface area contributed by atoms with Crippen molar-refractivity contribution in [3.05, 3.63) is 64.2 Å². The minimum Gasteiger partial charge on any atom is -0.503 e. The van der Waals surface area contributed by atoms with Gasteiger partial charge in [-0.1, -0.05) is 23.7 Å². The fourth-order valence-corrected chi connectivity index (χ4v) is 2.14. The van der Waals surface area contributed by atoms with Crippen LogP contribution in [0.3, 0.4) is 0 Å². The highest BCUT2D eigenvalue weighted by atomic mass is 35.5. The number of nitrogens with one attached hydrogen (secondary N) is 1. The number of ether oxygens (including phenoxy) is 1. The number of carbonyl (C=O) groups is 2. The number of carbonyl (C=O) groups excluding carboxylic acids is 2. The molecule has 2 aromatic rings. The number of esters is 1. The summed E-state index contributed by atoms with van der Waals surface area (Å²) in [4.78, 5) is 23.5. The van der Waals surface area contributed by atoms with Gasteiger partial charge >= 0.3 is 5.97 Å². The molecule has 0 heterocycles. The highest BCUT2D eigenvalue weighted by Crippen LogP contribution is 2.22. The molecule has 132 valence electrons. The lowest BCUT2D eigenvalue weighted by Crippen LogP contribution is -2.31. The standard InChI is InChI=1S/C17H14ClF2NO4/c1-9(10-2-4-12(18)5-3-10)21-15(22)8-25-17(24)11-6-13(19)16(23)14(20)7-11/h2-7,9,23H,8H2,1H3,(H,21,22)/t9-/m0/s1. The zero-order chi connectivity index (χ0) is 18.6. The van der Waals surface area contributed by atoms with E-state index >= 15 is 0 Å². The molecule has 0 unspecified atom stereocenters. The lowest BCUT2D eigenvalue weighted by molar-refractivity contribution is -0.124. The zero-order valence-corrected chi connectivity index (χ0v) is 13.8. The van der Waals surface area contributed by atoms with Gasteiger partial charge in [0, 0.05) is 5.02 Å². The predicted molar refractivity (Wildman–Crippen MR) is 86.3 cm³/mol. The van der Waals surface area contributed by atoms with E-state index in [-0.39, 0.29) is 6.04 Å². The molecule has 0 fully saturated rings. The van der Waals surface area contributed by atoms with Crippen LogP contribution in [0.5, 0.6) is 5.75 Å². The maximum atomic E-state index is 13.2. The van der Waals surface area contributed by atoms with E-state index in [1.165, 1.54) is 0 Å². The average Bonchev–Trinajstić information content (AvgIpc) is 2.57. The van der Waals surface area contributed by atoms with E-state index in [9.17, 15) is 18.4 Å². The number of hydrogen-bond acceptors (Lipinski definition) is 4. The van der Waals surface area contributed by atoms with Crippen molar-refractivity contribution in [3.63, 3.8) is 0 Å². The van der Waals surface area contributed by atoms with Crippen LogP contribution >= 0.6 is 11.6 Å². The summed E-state index contributed by atoms with van der Waals surface area (Å²) in [5, 5.41) is 12.1. The molecule has 1 amide bonds. The van der Waals surface area contributed by atoms with Gasteiger partial charge in [0.1, 0.15) is 0 Å². The largest absolute Gasteiger partial charge is 0.503 e. The maximum Gasteiger partial charge on any atom is 0.338 e. The van der Waals surface area contributed by atoms with Gasteiger partial charge in [-0.3, -0.25) is 4.79 Å². The molecule has 0 bridgehead atoms. The Kier molecular flexibility index (Phi) is 5.93. The van der Waals surface area contributed by atoms with Gasteiger partial charge in [0.25, 0.3) is 5.91 Å². The number of phenols is 1. The van der Waals surface area contributed by atoms with E-state index in [4.69, 9.17) is 21.4 Å². The number of phenolic OH excluding ortho intramolecular Hbond substituents is 1. The van der Waals surface area contributed by atoms with E-state index in [0.717, 1.165) is 5.56 Å². The van der Waals surface area contributed by atoms with Gasteiger partial charge in [-0.2, -0.15) is 0 Å². The highest BCUT2D eigenvalue weighted by Gasteiger charge is 2.17. The summed E-state index contributed by atoms with van der Waals surface area (Å²) >= 11 is 5.78. The molecule has 0 spiro atoms. The molecule has 0 aliphatic heterocycles. The lowest BCUT2D eigenvalue weighted by Gasteiger charge is -2.14. The highest BCUT2D eigenvalue weighted by molar-refractivity contribution is 6.30. The van der Waals surface area contributed by atoms with E-state index in [0.29, 0.717) is 17.2 Å². The first-order chi connectivity index (χ1) is 11.8. The number of aromatic hydroxyl groups is 1. The molecule has 8 heteroatoms. The molecule has 0 aliphatic rings. The quantitative estimate of drug-likeness (QED) is 0.792. The fourth-order valence-electron chi connectivity index (χ4n) is 2.02. The summed E-state index contributed by atoms with van der Waals surface area (Å²) < 4.78 is 31.1. The second-order valence-corrected chi connectivity index (χ2v) is 5.64. The van der Waals surface area contributed by atoms with Crippen LogP contribution in [0.2, 0.25) is 5.02 Å². The van der Waals surface area contributed by atoms with Crippen molar-refractivity contribution >= 4 is 23.5 Å². The van der Waals surface area contributed by atoms with Crippen molar-refractivity contribution < 1.29 is 28.2 Å². The summed E-state index contributed by atoms with van der Waals surface area (Å²) in [6, 6.07) is 7.71. The second-order valence-electron chi connectivity index (χ2n) is 5.21. The van der Waals surface area contributed by atoms with Crippen molar-refractivity contribution in [2.24, 2.45) is 0 Å². The van der Waals surface area contributed by atoms with E-state index < -0.39 is 41.4 Å². The van der Waals surface area contributed by atoms with Crippen molar-refractivity contribution in [1.29, 1.82) is 0 Å². The molecule has 0 radical (unpaired) electrons. The van der Waals surface area contributed by atoms with Gasteiger partial charge in [-0.05, 0) is 36.8 Å². The molecule has 5 nitrogen and oxygen atoms in total. The summed E-state index contributed by atoms with van der Waals surface area (Å²) in [6.07, 6.45) is 0. The topological polar surface area (TPSA) is 75.6 Å². The minimum absolute atomic E-state index is 0.355. The molecule has 0 saturated heterocycles. The molecular formula is C17H14ClF2NO4. The first-order valence-corrected chi connectivity index (χ1v) is 7.55. The molecule has 2 aromatic carbocycles. The van der Waals surface area contributed by atoms with Gasteiger partial charge in [0.2, 0.25) is 0 Å². The van der Waals surface area contributed by atoms with E-state index in [2.05, 4.69) is 5.32 Å². The van der Waals surface area contributed by atoms with Crippen LogP contribution in [0, 0.1) is 11.6 Å². The van der Waals surface area contributed by atoms with Crippen molar-refractivity contribution in [1.82, 2.24) is 5.32 Å². The number of amides is 1. The van der Waals surface area contributed by atoms with E-state index in [1.807, 2.05) is 0 Å². The Labute approximate surface area is 147 Å². The minimum atomic E-state index is -1.30. The molecule has 0 aromatic heterocycles. The van der Waals surface area contributed by atoms with Crippen LogP contribution in [-0.2, 0) is 9.53 Å². The number of hydrogen-bond donors (Lipinski definition) is 2. The third-order valence-corrected chi connectivity index (χ3v) is 3.59. The molecule has 2 rings (SSSR count). The van der Waals surface area contributed by atoms with Gasteiger partial charge in [-0.15, -0.1) is 0 Å². The summed E-state index contributed by atoms with van der Waals surface area (Å²) in [7, 11) is 0. The number of halogens is 3. The molecule has 25 heavy (non-hydrogen) atoms. The van der Waals surface area contributed by atoms with Gasteiger partial charge < -0.3 is 15.2 Å². The first kappa shape index (κ1) is 18.7. The van der Waals surface area contributed by atoms with Crippen LogP contribution in [0.15, 0.2) is 36.4 Å². The van der Waals surface area contributed by atoms with Crippen LogP contribution in [0.1, 0.15) is 28.9 Å². The predicted octanol–water partition coefficient (Wildman–Crippen LogP) is 3.36.